The molecule has 16 N–H and O–H groups in total. The normalized spacial score (nSPS) is 10.3. The van der Waals surface area contributed by atoms with Gasteiger partial charge in [0.15, 0.2) is 11.9 Å². The van der Waals surface area contributed by atoms with Crippen LogP contribution in [0.4, 0.5) is 31.5 Å². The van der Waals surface area contributed by atoms with Crippen LogP contribution < -0.4 is 55.7 Å². The number of aliphatic imine (C=N–C) groups is 2. The Hall–Kier alpha value is -5.58. The Labute approximate surface area is 337 Å². The Morgan fingerprint density at radius 3 is 1.60 bits per heavy atom. The molecule has 0 atom stereocenters. The van der Waals surface area contributed by atoms with Crippen molar-refractivity contribution in [3.05, 3.63) is 59.7 Å². The first-order valence-corrected chi connectivity index (χ1v) is 19.6. The molecule has 3 aromatic rings. The predicted molar refractivity (Wildman–Crippen MR) is 223 cm³/mol. The maximum atomic E-state index is 14.3. The second-order valence-corrected chi connectivity index (χ2v) is 14.0. The number of amides is 4. The van der Waals surface area contributed by atoms with E-state index in [0.717, 1.165) is 0 Å². The third kappa shape index (κ3) is 18.7. The Morgan fingerprint density at radius 2 is 1.16 bits per heavy atom. The molecule has 2 aromatic carbocycles. The van der Waals surface area contributed by atoms with Crippen molar-refractivity contribution < 1.29 is 28.0 Å². The summed E-state index contributed by atoms with van der Waals surface area (Å²) < 4.78 is 28.1. The third-order valence-corrected chi connectivity index (χ3v) is 9.43. The van der Waals surface area contributed by atoms with E-state index >= 15 is 0 Å². The molecule has 3 rings (SSSR count). The number of carbonyl (C=O) groups excluding carboxylic acids is 4. The fraction of sp³-hybridized carbons (Fsp3) is 0.371. The number of unbranched alkanes of at least 4 members (excludes halogenated alkanes) is 2. The fourth-order valence-electron chi connectivity index (χ4n) is 4.67. The van der Waals surface area contributed by atoms with Crippen molar-refractivity contribution in [2.75, 3.05) is 59.0 Å². The molecule has 0 aliphatic carbocycles. The number of anilines is 4. The summed E-state index contributed by atoms with van der Waals surface area (Å²) in [6.45, 7) is 3.36. The zero-order valence-electron chi connectivity index (χ0n) is 31.5. The summed E-state index contributed by atoms with van der Waals surface area (Å²) in [5.74, 6) is -1.18. The van der Waals surface area contributed by atoms with E-state index in [1.165, 1.54) is 60.2 Å². The number of halogens is 2. The van der Waals surface area contributed by atoms with Crippen LogP contribution in [0.2, 0.25) is 0 Å². The zero-order valence-corrected chi connectivity index (χ0v) is 33.1. The van der Waals surface area contributed by atoms with E-state index in [1.54, 1.807) is 6.92 Å². The Morgan fingerprint density at radius 1 is 0.702 bits per heavy atom. The number of carbonyl (C=O) groups is 4. The Balaban J connectivity index is 0.000000406. The number of hydrogen-bond donors (Lipinski definition) is 10. The number of thioether (sulfide) groups is 2. The molecule has 0 bridgehead atoms. The highest BCUT2D eigenvalue weighted by Gasteiger charge is 2.18. The van der Waals surface area contributed by atoms with Gasteiger partial charge < -0.3 is 55.7 Å². The van der Waals surface area contributed by atoms with E-state index in [2.05, 4.69) is 41.2 Å². The number of hydrogen-bond acceptors (Lipinski definition) is 12. The smallest absolute Gasteiger partial charge is 0.274 e. The molecule has 0 unspecified atom stereocenters. The lowest BCUT2D eigenvalue weighted by molar-refractivity contribution is -0.117. The molecule has 0 radical (unpaired) electrons. The quantitative estimate of drug-likeness (QED) is 0.0229. The van der Waals surface area contributed by atoms with Crippen LogP contribution in [0.1, 0.15) is 54.7 Å². The van der Waals surface area contributed by atoms with Gasteiger partial charge in [-0.2, -0.15) is 0 Å². The van der Waals surface area contributed by atoms with Crippen molar-refractivity contribution in [1.29, 1.82) is 0 Å². The summed E-state index contributed by atoms with van der Waals surface area (Å²) >= 11 is 2.63. The van der Waals surface area contributed by atoms with Crippen LogP contribution in [0.25, 0.3) is 0 Å². The number of aromatic nitrogens is 2. The molecule has 0 saturated carbocycles. The summed E-state index contributed by atoms with van der Waals surface area (Å²) in [5.41, 5.74) is 33.9. The van der Waals surface area contributed by atoms with Gasteiger partial charge in [-0.15, -0.1) is 23.5 Å². The predicted octanol–water partition coefficient (Wildman–Crippen LogP) is 2.44. The number of benzene rings is 2. The number of aryl methyl sites for hydroxylation is 1. The maximum absolute atomic E-state index is 14.3. The number of nitrogens with zero attached hydrogens (tertiary/aromatic N) is 4. The molecular formula is C35H50F2N14O4S2. The monoisotopic (exact) mass is 832 g/mol. The summed E-state index contributed by atoms with van der Waals surface area (Å²) in [7, 11) is 0. The van der Waals surface area contributed by atoms with Gasteiger partial charge in [0.2, 0.25) is 18.2 Å². The van der Waals surface area contributed by atoms with Gasteiger partial charge in [0.05, 0.1) is 32.5 Å². The second-order valence-electron chi connectivity index (χ2n) is 11.8. The topological polar surface area (TPSA) is 323 Å². The highest BCUT2D eigenvalue weighted by Crippen LogP contribution is 2.37. The van der Waals surface area contributed by atoms with Crippen LogP contribution in [0.5, 0.6) is 0 Å². The maximum Gasteiger partial charge on any atom is 0.274 e. The van der Waals surface area contributed by atoms with Gasteiger partial charge in [-0.05, 0) is 62.9 Å². The molecule has 1 heterocycles. The largest absolute Gasteiger partial charge is 0.370 e. The number of guanidine groups is 2. The van der Waals surface area contributed by atoms with Gasteiger partial charge in [-0.25, -0.2) is 18.7 Å². The summed E-state index contributed by atoms with van der Waals surface area (Å²) in [4.78, 5) is 64.4. The number of rotatable bonds is 22. The van der Waals surface area contributed by atoms with Crippen molar-refractivity contribution in [2.24, 2.45) is 44.4 Å². The summed E-state index contributed by atoms with van der Waals surface area (Å²) in [5, 5.41) is 10.5. The first-order valence-electron chi connectivity index (χ1n) is 17.6. The molecular weight excluding hydrogens is 783 g/mol. The van der Waals surface area contributed by atoms with Gasteiger partial charge in [0.25, 0.3) is 5.91 Å². The summed E-state index contributed by atoms with van der Waals surface area (Å²) in [6, 6.07) is 6.33. The average Bonchev–Trinajstić information content (AvgIpc) is 3.14. The molecule has 22 heteroatoms. The Kier molecular flexibility index (Phi) is 22.0. The zero-order chi connectivity index (χ0) is 42.2. The molecule has 1 aromatic heterocycles. The number of nitrogens with two attached hydrogens (primary N) is 6. The van der Waals surface area contributed by atoms with Crippen molar-refractivity contribution in [3.63, 3.8) is 0 Å². The lowest BCUT2D eigenvalue weighted by Crippen LogP contribution is -2.23. The van der Waals surface area contributed by atoms with Crippen LogP contribution in [-0.2, 0) is 14.4 Å². The molecule has 0 spiro atoms. The van der Waals surface area contributed by atoms with Crippen molar-refractivity contribution in [1.82, 2.24) is 9.97 Å². The van der Waals surface area contributed by atoms with Crippen molar-refractivity contribution >= 4 is 82.3 Å². The van der Waals surface area contributed by atoms with Crippen molar-refractivity contribution in [3.8, 4) is 0 Å². The minimum atomic E-state index is -0.612. The third-order valence-electron chi connectivity index (χ3n) is 7.10. The van der Waals surface area contributed by atoms with E-state index in [0.29, 0.717) is 91.0 Å². The van der Waals surface area contributed by atoms with Crippen LogP contribution >= 0.6 is 23.5 Å². The lowest BCUT2D eigenvalue weighted by Gasteiger charge is -2.16. The van der Waals surface area contributed by atoms with Crippen molar-refractivity contribution in [2.45, 2.75) is 55.2 Å². The fourth-order valence-corrected chi connectivity index (χ4v) is 6.38. The number of nitrogens with one attached hydrogen (secondary N) is 4. The minimum absolute atomic E-state index is 0.00230. The lowest BCUT2D eigenvalue weighted by atomic mass is 10.2. The van der Waals surface area contributed by atoms with Crippen LogP contribution in [0.3, 0.4) is 0 Å². The van der Waals surface area contributed by atoms with Crippen LogP contribution in [0, 0.1) is 18.6 Å². The van der Waals surface area contributed by atoms with Gasteiger partial charge in [0.1, 0.15) is 23.7 Å². The van der Waals surface area contributed by atoms with E-state index < -0.39 is 17.5 Å². The molecule has 0 aliphatic heterocycles. The van der Waals surface area contributed by atoms with Gasteiger partial charge in [0, 0.05) is 56.2 Å². The van der Waals surface area contributed by atoms with Crippen LogP contribution in [-0.4, -0.2) is 83.7 Å². The Bertz CT molecular complexity index is 1860. The standard InChI is InChI=1S/C20H27FN8O2S.C15H23FN6O2S/c1-12-8-16(27-11-26-12)19(31)29-15-10-13(21)9-14(18(15)32-7-5-22)28-17(30)4-2-3-6-25-20(23)24;16-10-7-11(21-9-23)14(25-6-4-17)12(8-10)22-13(24)3-1-2-5-20-15(18)19/h8-11H,2-7,22H2,1H3,(H,28,30)(H,29,31)(H4,23,24,25);7-9H,1-6,17H2,(H,21,23)(H,22,24)(H4,18,19,20). The SMILES string of the molecule is Cc1cc(C(=O)Nc2cc(F)cc(NC(=O)CCCCN=C(N)N)c2SCCN)ncn1.NCCSc1c(NC=O)cc(F)cc1NC(=O)CCCCN=C(N)N. The molecule has 18 nitrogen and oxygen atoms in total. The second kappa shape index (κ2) is 26.3. The van der Waals surface area contributed by atoms with Gasteiger partial charge in [-0.1, -0.05) is 0 Å². The molecule has 0 aliphatic rings. The molecule has 310 valence electrons. The van der Waals surface area contributed by atoms with E-state index in [1.807, 2.05) is 0 Å². The molecule has 0 saturated heterocycles. The highest BCUT2D eigenvalue weighted by atomic mass is 32.2. The van der Waals surface area contributed by atoms with Gasteiger partial charge >= 0.3 is 0 Å². The average molecular weight is 833 g/mol. The molecule has 57 heavy (non-hydrogen) atoms. The first kappa shape index (κ1) is 47.6. The molecule has 0 fully saturated rings. The summed E-state index contributed by atoms with van der Waals surface area (Å²) in [6.07, 6.45) is 4.61. The minimum Gasteiger partial charge on any atom is -0.370 e. The van der Waals surface area contributed by atoms with E-state index in [4.69, 9.17) is 34.4 Å². The van der Waals surface area contributed by atoms with Gasteiger partial charge in [-0.3, -0.25) is 29.2 Å². The highest BCUT2D eigenvalue weighted by molar-refractivity contribution is 7.99. The van der Waals surface area contributed by atoms with E-state index in [-0.39, 0.29) is 59.3 Å². The van der Waals surface area contributed by atoms with Crippen LogP contribution in [0.15, 0.2) is 56.4 Å². The molecule has 4 amide bonds. The first-order chi connectivity index (χ1) is 27.3. The van der Waals surface area contributed by atoms with E-state index in [9.17, 15) is 28.0 Å².